The number of hydrogen-bond donors (Lipinski definition) is 0. The monoisotopic (exact) mass is 594 g/mol. The number of fused-ring (bicyclic) bond motifs is 9. The molecule has 0 atom stereocenters. The third kappa shape index (κ3) is 3.98. The molecule has 2 aromatic heterocycles. The number of imidazole rings is 1. The van der Waals surface area contributed by atoms with E-state index < -0.39 is 7.14 Å². The number of rotatable bonds is 4. The van der Waals surface area contributed by atoms with Gasteiger partial charge in [-0.3, -0.25) is 4.40 Å². The lowest BCUT2D eigenvalue weighted by Crippen LogP contribution is -2.24. The summed E-state index contributed by atoms with van der Waals surface area (Å²) in [7, 11) is -3.04. The van der Waals surface area contributed by atoms with Gasteiger partial charge in [0.1, 0.15) is 5.65 Å². The van der Waals surface area contributed by atoms with Crippen molar-refractivity contribution in [3.63, 3.8) is 0 Å². The zero-order valence-electron chi connectivity index (χ0n) is 24.3. The quantitative estimate of drug-likeness (QED) is 0.150. The van der Waals surface area contributed by atoms with Crippen molar-refractivity contribution in [1.82, 2.24) is 9.38 Å². The maximum absolute atomic E-state index is 14.9. The van der Waals surface area contributed by atoms with Crippen LogP contribution in [0, 0.1) is 0 Å². The summed E-state index contributed by atoms with van der Waals surface area (Å²) < 4.78 is 17.2. The molecule has 9 aromatic rings. The highest BCUT2D eigenvalue weighted by Gasteiger charge is 2.29. The summed E-state index contributed by atoms with van der Waals surface area (Å²) in [5.41, 5.74) is 6.44. The molecule has 212 valence electrons. The van der Waals surface area contributed by atoms with Gasteiger partial charge in [-0.15, -0.1) is 0 Å². The van der Waals surface area contributed by atoms with Gasteiger partial charge in [0.2, 0.25) is 0 Å². The van der Waals surface area contributed by atoms with Crippen molar-refractivity contribution in [1.29, 1.82) is 0 Å². The molecule has 0 radical (unpaired) electrons. The number of nitrogens with zero attached hydrogens (tertiary/aromatic N) is 2. The normalized spacial score (nSPS) is 12.1. The molecule has 0 unspecified atom stereocenters. The standard InChI is InChI=1S/C41H27N2OP/c44-45(32-11-3-1-4-12-32,33-13-5-2-6-14-33)34-23-21-29-25-28(19-20-30(29)26-34)31-22-24-40-38(27-31)42-41-37-17-8-7-15-35(37)36-16-9-10-18-39(36)43(40)41/h1-27H. The van der Waals surface area contributed by atoms with Crippen LogP contribution in [0.1, 0.15) is 0 Å². The second-order valence-electron chi connectivity index (χ2n) is 11.6. The van der Waals surface area contributed by atoms with Crippen molar-refractivity contribution in [2.45, 2.75) is 0 Å². The first-order valence-electron chi connectivity index (χ1n) is 15.2. The van der Waals surface area contributed by atoms with Gasteiger partial charge in [0, 0.05) is 26.7 Å². The molecule has 4 heteroatoms. The molecule has 0 aliphatic heterocycles. The largest absolute Gasteiger partial charge is 0.309 e. The molecule has 45 heavy (non-hydrogen) atoms. The molecule has 0 amide bonds. The number of aromatic nitrogens is 2. The van der Waals surface area contributed by atoms with E-state index in [1.54, 1.807) is 0 Å². The summed E-state index contributed by atoms with van der Waals surface area (Å²) in [5, 5.41) is 8.29. The van der Waals surface area contributed by atoms with Crippen LogP contribution < -0.4 is 15.9 Å². The van der Waals surface area contributed by atoms with E-state index in [-0.39, 0.29) is 0 Å². The maximum atomic E-state index is 14.9. The van der Waals surface area contributed by atoms with Gasteiger partial charge in [0.25, 0.3) is 0 Å². The molecule has 0 aliphatic rings. The van der Waals surface area contributed by atoms with Crippen LogP contribution in [-0.4, -0.2) is 9.38 Å². The molecular weight excluding hydrogens is 567 g/mol. The Hall–Kier alpha value is -5.50. The van der Waals surface area contributed by atoms with Crippen molar-refractivity contribution in [3.05, 3.63) is 164 Å². The Labute approximate surface area is 260 Å². The first kappa shape index (κ1) is 25.9. The lowest BCUT2D eigenvalue weighted by Gasteiger charge is -2.20. The van der Waals surface area contributed by atoms with Crippen molar-refractivity contribution in [2.24, 2.45) is 0 Å². The summed E-state index contributed by atoms with van der Waals surface area (Å²) in [6.07, 6.45) is 0. The molecular formula is C41H27N2OP. The fourth-order valence-electron chi connectivity index (χ4n) is 6.83. The van der Waals surface area contributed by atoms with Gasteiger partial charge in [0.15, 0.2) is 7.14 Å². The Morgan fingerprint density at radius 1 is 0.444 bits per heavy atom. The Kier molecular flexibility index (Phi) is 5.78. The fourth-order valence-corrected chi connectivity index (χ4v) is 9.51. The molecule has 0 bridgehead atoms. The zero-order valence-corrected chi connectivity index (χ0v) is 25.2. The lowest BCUT2D eigenvalue weighted by molar-refractivity contribution is 0.592. The predicted molar refractivity (Wildman–Crippen MR) is 190 cm³/mol. The molecule has 9 rings (SSSR count). The minimum atomic E-state index is -3.04. The molecule has 0 fully saturated rings. The Bertz CT molecular complexity index is 2580. The van der Waals surface area contributed by atoms with Crippen LogP contribution in [0.25, 0.3) is 60.3 Å². The van der Waals surface area contributed by atoms with E-state index in [2.05, 4.69) is 101 Å². The van der Waals surface area contributed by atoms with Gasteiger partial charge in [0.05, 0.1) is 16.6 Å². The number of para-hydroxylation sites is 1. The molecule has 0 N–H and O–H groups in total. The van der Waals surface area contributed by atoms with Gasteiger partial charge in [-0.2, -0.15) is 0 Å². The summed E-state index contributed by atoms with van der Waals surface area (Å²) in [6, 6.07) is 56.1. The highest BCUT2D eigenvalue weighted by molar-refractivity contribution is 7.85. The second-order valence-corrected chi connectivity index (χ2v) is 14.3. The topological polar surface area (TPSA) is 34.4 Å². The van der Waals surface area contributed by atoms with Crippen LogP contribution >= 0.6 is 7.14 Å². The number of benzene rings is 7. The molecule has 0 saturated carbocycles. The number of pyridine rings is 1. The Balaban J connectivity index is 1.17. The van der Waals surface area contributed by atoms with Crippen LogP contribution in [0.4, 0.5) is 0 Å². The van der Waals surface area contributed by atoms with Crippen molar-refractivity contribution in [2.75, 3.05) is 0 Å². The van der Waals surface area contributed by atoms with Crippen molar-refractivity contribution in [3.8, 4) is 11.1 Å². The Morgan fingerprint density at radius 2 is 1.02 bits per heavy atom. The minimum Gasteiger partial charge on any atom is -0.309 e. The van der Waals surface area contributed by atoms with Crippen LogP contribution in [0.3, 0.4) is 0 Å². The minimum absolute atomic E-state index is 0.839. The van der Waals surface area contributed by atoms with Crippen LogP contribution in [0.15, 0.2) is 164 Å². The van der Waals surface area contributed by atoms with E-state index in [1.165, 1.54) is 10.8 Å². The molecule has 7 aromatic carbocycles. The molecule has 3 nitrogen and oxygen atoms in total. The third-order valence-electron chi connectivity index (χ3n) is 9.02. The first-order valence-corrected chi connectivity index (χ1v) is 16.9. The van der Waals surface area contributed by atoms with Gasteiger partial charge in [-0.05, 0) is 57.6 Å². The van der Waals surface area contributed by atoms with Gasteiger partial charge in [-0.1, -0.05) is 133 Å². The fraction of sp³-hybridized carbons (Fsp3) is 0. The van der Waals surface area contributed by atoms with E-state index in [0.717, 1.165) is 65.4 Å². The molecule has 0 aliphatic carbocycles. The van der Waals surface area contributed by atoms with Crippen molar-refractivity contribution >= 4 is 72.2 Å². The van der Waals surface area contributed by atoms with E-state index in [4.69, 9.17) is 4.98 Å². The van der Waals surface area contributed by atoms with Crippen molar-refractivity contribution < 1.29 is 4.57 Å². The number of hydrogen-bond acceptors (Lipinski definition) is 2. The smallest absolute Gasteiger partial charge is 0.171 e. The maximum Gasteiger partial charge on any atom is 0.171 e. The summed E-state index contributed by atoms with van der Waals surface area (Å²) in [6.45, 7) is 0. The average Bonchev–Trinajstić information content (AvgIpc) is 3.51. The summed E-state index contributed by atoms with van der Waals surface area (Å²) in [4.78, 5) is 5.17. The third-order valence-corrected chi connectivity index (χ3v) is 12.1. The van der Waals surface area contributed by atoms with Crippen LogP contribution in [0.5, 0.6) is 0 Å². The van der Waals surface area contributed by atoms with E-state index in [9.17, 15) is 4.57 Å². The van der Waals surface area contributed by atoms with Gasteiger partial charge >= 0.3 is 0 Å². The SMILES string of the molecule is O=P(c1ccccc1)(c1ccccc1)c1ccc2cc(-c3ccc4c(c3)nc3c5ccccc5c5ccccc5n43)ccc2c1. The predicted octanol–water partition coefficient (Wildman–Crippen LogP) is 9.25. The molecule has 2 heterocycles. The van der Waals surface area contributed by atoms with Gasteiger partial charge in [-0.25, -0.2) is 4.98 Å². The van der Waals surface area contributed by atoms with Gasteiger partial charge < -0.3 is 4.57 Å². The highest BCUT2D eigenvalue weighted by Crippen LogP contribution is 2.43. The summed E-state index contributed by atoms with van der Waals surface area (Å²) in [5.74, 6) is 0. The lowest BCUT2D eigenvalue weighted by atomic mass is 10.0. The second kappa shape index (κ2) is 10.0. The first-order chi connectivity index (χ1) is 22.2. The molecule has 0 saturated heterocycles. The van der Waals surface area contributed by atoms with E-state index in [1.807, 2.05) is 66.7 Å². The Morgan fingerprint density at radius 3 is 1.78 bits per heavy atom. The summed E-state index contributed by atoms with van der Waals surface area (Å²) >= 11 is 0. The highest BCUT2D eigenvalue weighted by atomic mass is 31.2. The van der Waals surface area contributed by atoms with E-state index >= 15 is 0 Å². The molecule has 0 spiro atoms. The average molecular weight is 595 g/mol. The zero-order chi connectivity index (χ0) is 30.0. The van der Waals surface area contributed by atoms with Crippen LogP contribution in [-0.2, 0) is 4.57 Å². The van der Waals surface area contributed by atoms with E-state index in [0.29, 0.717) is 0 Å². The van der Waals surface area contributed by atoms with Crippen LogP contribution in [0.2, 0.25) is 0 Å².